The molecular formula is C37H43NO8. The first-order valence-electron chi connectivity index (χ1n) is 16.3. The molecule has 1 aliphatic carbocycles. The molecule has 4 aliphatic rings. The number of benzene rings is 2. The number of hydrogen-bond acceptors (Lipinski definition) is 9. The molecule has 0 amide bonds. The third-order valence-electron chi connectivity index (χ3n) is 9.95. The predicted molar refractivity (Wildman–Crippen MR) is 171 cm³/mol. The number of nitrogens with zero attached hydrogens (tertiary/aromatic N) is 1. The third kappa shape index (κ3) is 6.17. The summed E-state index contributed by atoms with van der Waals surface area (Å²) in [5.41, 5.74) is 6.26. The molecule has 0 N–H and O–H groups in total. The van der Waals surface area contributed by atoms with Crippen LogP contribution in [0.4, 0.5) is 0 Å². The Hall–Kier alpha value is -4.11. The average Bonchev–Trinajstić information content (AvgIpc) is 3.52. The predicted octanol–water partition coefficient (Wildman–Crippen LogP) is 6.32. The van der Waals surface area contributed by atoms with Crippen molar-refractivity contribution in [3.8, 4) is 23.0 Å². The Morgan fingerprint density at radius 2 is 1.70 bits per heavy atom. The van der Waals surface area contributed by atoms with Gasteiger partial charge in [0.2, 0.25) is 6.79 Å². The third-order valence-corrected chi connectivity index (χ3v) is 9.95. The van der Waals surface area contributed by atoms with E-state index >= 15 is 0 Å². The van der Waals surface area contributed by atoms with Crippen molar-refractivity contribution in [2.45, 2.75) is 83.7 Å². The lowest BCUT2D eigenvalue weighted by Gasteiger charge is -2.46. The highest BCUT2D eigenvalue weighted by Gasteiger charge is 2.43. The smallest absolute Gasteiger partial charge is 0.306 e. The van der Waals surface area contributed by atoms with Crippen molar-refractivity contribution in [1.82, 2.24) is 4.90 Å². The minimum atomic E-state index is -0.216. The van der Waals surface area contributed by atoms with E-state index in [4.69, 9.17) is 23.7 Å². The summed E-state index contributed by atoms with van der Waals surface area (Å²) < 4.78 is 28.6. The van der Waals surface area contributed by atoms with Crippen LogP contribution < -0.4 is 18.9 Å². The molecule has 46 heavy (non-hydrogen) atoms. The maximum atomic E-state index is 13.4. The fourth-order valence-electron chi connectivity index (χ4n) is 7.34. The highest BCUT2D eigenvalue weighted by molar-refractivity contribution is 6.22. The quantitative estimate of drug-likeness (QED) is 0.152. The van der Waals surface area contributed by atoms with E-state index in [2.05, 4.69) is 23.1 Å². The van der Waals surface area contributed by atoms with Crippen LogP contribution in [0.25, 0.3) is 0 Å². The van der Waals surface area contributed by atoms with Crippen molar-refractivity contribution in [3.63, 3.8) is 0 Å². The fourth-order valence-corrected chi connectivity index (χ4v) is 7.34. The molecule has 2 atom stereocenters. The van der Waals surface area contributed by atoms with Crippen molar-refractivity contribution in [3.05, 3.63) is 69.3 Å². The number of fused-ring (bicyclic) bond motifs is 5. The van der Waals surface area contributed by atoms with Gasteiger partial charge in [0.05, 0.1) is 27.2 Å². The van der Waals surface area contributed by atoms with E-state index in [1.807, 2.05) is 6.07 Å². The summed E-state index contributed by atoms with van der Waals surface area (Å²) in [7, 11) is 3.30. The molecule has 3 aliphatic heterocycles. The van der Waals surface area contributed by atoms with Crippen molar-refractivity contribution in [1.29, 1.82) is 0 Å². The average molecular weight is 630 g/mol. The van der Waals surface area contributed by atoms with Gasteiger partial charge in [-0.25, -0.2) is 0 Å². The molecule has 6 rings (SSSR count). The van der Waals surface area contributed by atoms with Crippen LogP contribution in [0.3, 0.4) is 0 Å². The maximum Gasteiger partial charge on any atom is 0.306 e. The zero-order valence-electron chi connectivity index (χ0n) is 27.2. The van der Waals surface area contributed by atoms with Gasteiger partial charge in [-0.3, -0.25) is 19.3 Å². The van der Waals surface area contributed by atoms with Crippen LogP contribution in [0.5, 0.6) is 23.0 Å². The molecule has 0 saturated heterocycles. The Bertz CT molecular complexity index is 1600. The number of ether oxygens (including phenoxy) is 5. The molecule has 2 unspecified atom stereocenters. The summed E-state index contributed by atoms with van der Waals surface area (Å²) in [5, 5.41) is 0. The first kappa shape index (κ1) is 31.9. The second kappa shape index (κ2) is 13.7. The van der Waals surface area contributed by atoms with Gasteiger partial charge in [0.1, 0.15) is 0 Å². The fraction of sp³-hybridized carbons (Fsp3) is 0.486. The van der Waals surface area contributed by atoms with Crippen molar-refractivity contribution in [2.75, 3.05) is 34.2 Å². The number of carbonyl (C=O) groups excluding carboxylic acids is 3. The van der Waals surface area contributed by atoms with Gasteiger partial charge in [0.15, 0.2) is 34.6 Å². The number of esters is 1. The van der Waals surface area contributed by atoms with Crippen LogP contribution in [-0.2, 0) is 32.1 Å². The molecule has 9 heteroatoms. The molecule has 0 fully saturated rings. The topological polar surface area (TPSA) is 101 Å². The van der Waals surface area contributed by atoms with Crippen molar-refractivity contribution in [2.24, 2.45) is 0 Å². The van der Waals surface area contributed by atoms with Crippen molar-refractivity contribution >= 4 is 17.5 Å². The highest BCUT2D eigenvalue weighted by Crippen LogP contribution is 2.52. The largest absolute Gasteiger partial charge is 0.493 e. The van der Waals surface area contributed by atoms with E-state index in [0.29, 0.717) is 47.8 Å². The molecule has 2 aromatic rings. The van der Waals surface area contributed by atoms with E-state index in [1.165, 1.54) is 17.2 Å². The van der Waals surface area contributed by atoms with Gasteiger partial charge in [-0.15, -0.1) is 0 Å². The number of unbranched alkanes of at least 4 members (excludes halogenated alkanes) is 4. The second-order valence-electron chi connectivity index (χ2n) is 12.6. The summed E-state index contributed by atoms with van der Waals surface area (Å²) in [4.78, 5) is 40.3. The van der Waals surface area contributed by atoms with E-state index in [-0.39, 0.29) is 42.7 Å². The molecule has 0 saturated carbocycles. The first-order chi connectivity index (χ1) is 22.3. The Morgan fingerprint density at radius 3 is 2.48 bits per heavy atom. The van der Waals surface area contributed by atoms with Crippen LogP contribution in [-0.4, -0.2) is 56.6 Å². The molecule has 2 aromatic carbocycles. The summed E-state index contributed by atoms with van der Waals surface area (Å²) in [6.07, 6.45) is 7.73. The molecule has 9 nitrogen and oxygen atoms in total. The number of Topliss-reactive ketones (excluding diaryl/α,β-unsaturated/α-hetero) is 1. The molecule has 0 bridgehead atoms. The monoisotopic (exact) mass is 629 g/mol. The first-order valence-corrected chi connectivity index (χ1v) is 16.3. The SMILES string of the molecule is COc1ccc2c(c1OC)CN1CCc3cc4c(cc3C1C2CC(=O)OCCCCCCCC1=CC(=O)C(C)=C(C)C1=O)OCO4. The lowest BCUT2D eigenvalue weighted by Crippen LogP contribution is -2.42. The van der Waals surface area contributed by atoms with Crippen LogP contribution in [0.15, 0.2) is 47.1 Å². The number of rotatable bonds is 12. The summed E-state index contributed by atoms with van der Waals surface area (Å²) in [6, 6.07) is 8.17. The van der Waals surface area contributed by atoms with Crippen LogP contribution in [0.2, 0.25) is 0 Å². The normalized spacial score (nSPS) is 20.1. The Morgan fingerprint density at radius 1 is 0.935 bits per heavy atom. The minimum absolute atomic E-state index is 0.00622. The number of hydrogen-bond donors (Lipinski definition) is 0. The van der Waals surface area contributed by atoms with Crippen LogP contribution in [0.1, 0.15) is 93.0 Å². The van der Waals surface area contributed by atoms with Gasteiger partial charge in [-0.2, -0.15) is 0 Å². The Kier molecular flexibility index (Phi) is 9.49. The summed E-state index contributed by atoms with van der Waals surface area (Å²) in [6.45, 7) is 5.56. The van der Waals surface area contributed by atoms with Gasteiger partial charge in [-0.05, 0) is 80.5 Å². The minimum Gasteiger partial charge on any atom is -0.493 e. The zero-order valence-corrected chi connectivity index (χ0v) is 27.2. The van der Waals surface area contributed by atoms with Gasteiger partial charge in [0.25, 0.3) is 0 Å². The summed E-state index contributed by atoms with van der Waals surface area (Å²) in [5.74, 6) is 2.50. The lowest BCUT2D eigenvalue weighted by atomic mass is 9.74. The number of ketones is 2. The molecular weight excluding hydrogens is 586 g/mol. The molecule has 0 aromatic heterocycles. The molecule has 0 radical (unpaired) electrons. The van der Waals surface area contributed by atoms with Gasteiger partial charge >= 0.3 is 5.97 Å². The number of allylic oxidation sites excluding steroid dienone is 4. The standard InChI is InChI=1S/C37H43NO8/c1-22-23(2)36(41)25(16-30(22)39)10-8-6-5-7-9-15-44-34(40)19-28-26-11-12-31(42-3)37(43-4)29(26)20-38-14-13-24-17-32-33(46-21-45-32)18-27(24)35(28)38/h11-12,16-18,28,35H,5-10,13-15,19-21H2,1-4H3. The van der Waals surface area contributed by atoms with E-state index < -0.39 is 0 Å². The van der Waals surface area contributed by atoms with E-state index in [1.54, 1.807) is 28.1 Å². The molecule has 3 heterocycles. The Balaban J connectivity index is 1.07. The second-order valence-corrected chi connectivity index (χ2v) is 12.6. The lowest BCUT2D eigenvalue weighted by molar-refractivity contribution is -0.144. The molecule has 0 spiro atoms. The van der Waals surface area contributed by atoms with Crippen molar-refractivity contribution < 1.29 is 38.1 Å². The molecule has 244 valence electrons. The van der Waals surface area contributed by atoms with E-state index in [0.717, 1.165) is 67.7 Å². The van der Waals surface area contributed by atoms with Gasteiger partial charge in [-0.1, -0.05) is 25.3 Å². The highest BCUT2D eigenvalue weighted by atomic mass is 16.7. The van der Waals surface area contributed by atoms with Crippen LogP contribution in [0, 0.1) is 0 Å². The van der Waals surface area contributed by atoms with E-state index in [9.17, 15) is 14.4 Å². The maximum absolute atomic E-state index is 13.4. The number of carbonyl (C=O) groups is 3. The number of methoxy groups -OCH3 is 2. The van der Waals surface area contributed by atoms with Gasteiger partial charge < -0.3 is 23.7 Å². The van der Waals surface area contributed by atoms with Crippen LogP contribution >= 0.6 is 0 Å². The van der Waals surface area contributed by atoms with Gasteiger partial charge in [0, 0.05) is 47.3 Å². The summed E-state index contributed by atoms with van der Waals surface area (Å²) >= 11 is 0. The zero-order chi connectivity index (χ0) is 32.4. The Labute approximate surface area is 270 Å².